The smallest absolute Gasteiger partial charge is 0.187 e. The Morgan fingerprint density at radius 1 is 1.70 bits per heavy atom. The quantitative estimate of drug-likeness (QED) is 0.505. The summed E-state index contributed by atoms with van der Waals surface area (Å²) in [5.74, 6) is 0. The number of thioether (sulfide) groups is 1. The molecule has 54 valence electrons. The van der Waals surface area contributed by atoms with Crippen LogP contribution < -0.4 is 0 Å². The minimum absolute atomic E-state index is 0.0178. The number of nitrogens with zero attached hydrogens (tertiary/aromatic N) is 2. The first-order chi connectivity index (χ1) is 4.86. The van der Waals surface area contributed by atoms with Crippen LogP contribution in [0.2, 0.25) is 0 Å². The van der Waals surface area contributed by atoms with E-state index in [9.17, 15) is 0 Å². The summed E-state index contributed by atoms with van der Waals surface area (Å²) in [5.41, 5.74) is 0.666. The van der Waals surface area contributed by atoms with E-state index in [0.717, 1.165) is 0 Å². The molecule has 1 aromatic rings. The number of aliphatic hydroxyl groups excluding tert-OH is 1. The average molecular weight is 156 g/mol. The molecule has 1 heterocycles. The molecule has 0 fully saturated rings. The van der Waals surface area contributed by atoms with Crippen LogP contribution in [0.1, 0.15) is 5.69 Å². The van der Waals surface area contributed by atoms with Crippen LogP contribution in [-0.2, 0) is 6.61 Å². The topological polar surface area (TPSA) is 46.0 Å². The summed E-state index contributed by atoms with van der Waals surface area (Å²) in [6.07, 6.45) is 3.54. The lowest BCUT2D eigenvalue weighted by molar-refractivity contribution is 0.275. The van der Waals surface area contributed by atoms with Gasteiger partial charge in [0.15, 0.2) is 5.16 Å². The van der Waals surface area contributed by atoms with Gasteiger partial charge in [0.1, 0.15) is 0 Å². The molecule has 0 aliphatic carbocycles. The van der Waals surface area contributed by atoms with E-state index in [4.69, 9.17) is 5.11 Å². The maximum atomic E-state index is 8.66. The Balaban J connectivity index is 2.87. The second-order valence-electron chi connectivity index (χ2n) is 1.69. The molecule has 0 saturated carbocycles. The van der Waals surface area contributed by atoms with E-state index in [-0.39, 0.29) is 6.61 Å². The van der Waals surface area contributed by atoms with E-state index in [0.29, 0.717) is 10.9 Å². The fourth-order valence-electron chi connectivity index (χ4n) is 0.562. The summed E-state index contributed by atoms with van der Waals surface area (Å²) < 4.78 is 0. The summed E-state index contributed by atoms with van der Waals surface area (Å²) in [5, 5.41) is 9.36. The highest BCUT2D eigenvalue weighted by atomic mass is 32.2. The van der Waals surface area contributed by atoms with Crippen molar-refractivity contribution in [2.75, 3.05) is 6.26 Å². The molecule has 10 heavy (non-hydrogen) atoms. The molecule has 0 spiro atoms. The maximum absolute atomic E-state index is 8.66. The van der Waals surface area contributed by atoms with Gasteiger partial charge < -0.3 is 5.11 Å². The van der Waals surface area contributed by atoms with Gasteiger partial charge in [0.2, 0.25) is 0 Å². The monoisotopic (exact) mass is 156 g/mol. The standard InChI is InChI=1S/C6H8N2OS/c1-10-6-7-3-2-5(4-9)8-6/h2-3,9H,4H2,1H3. The molecule has 1 N–H and O–H groups in total. The van der Waals surface area contributed by atoms with Crippen LogP contribution in [0, 0.1) is 0 Å². The Morgan fingerprint density at radius 3 is 3.10 bits per heavy atom. The number of aromatic nitrogens is 2. The van der Waals surface area contributed by atoms with Gasteiger partial charge in [-0.15, -0.1) is 0 Å². The molecule has 0 bridgehead atoms. The zero-order chi connectivity index (χ0) is 7.40. The molecule has 0 saturated heterocycles. The molecular formula is C6H8N2OS. The molecule has 0 aliphatic rings. The van der Waals surface area contributed by atoms with Crippen molar-refractivity contribution in [2.24, 2.45) is 0 Å². The van der Waals surface area contributed by atoms with Gasteiger partial charge in [-0.3, -0.25) is 0 Å². The average Bonchev–Trinajstić information content (AvgIpc) is 2.05. The zero-order valence-electron chi connectivity index (χ0n) is 5.61. The minimum Gasteiger partial charge on any atom is -0.390 e. The summed E-state index contributed by atoms with van der Waals surface area (Å²) in [7, 11) is 0. The molecule has 3 nitrogen and oxygen atoms in total. The normalized spacial score (nSPS) is 9.80. The molecule has 0 atom stereocenters. The second-order valence-corrected chi connectivity index (χ2v) is 2.47. The minimum atomic E-state index is -0.0178. The van der Waals surface area contributed by atoms with Crippen LogP contribution in [0.4, 0.5) is 0 Å². The molecule has 0 aromatic carbocycles. The third-order valence-electron chi connectivity index (χ3n) is 1.04. The Hall–Kier alpha value is -0.610. The number of aliphatic hydroxyl groups is 1. The predicted molar refractivity (Wildman–Crippen MR) is 39.7 cm³/mol. The van der Waals surface area contributed by atoms with Crippen molar-refractivity contribution in [3.8, 4) is 0 Å². The summed E-state index contributed by atoms with van der Waals surface area (Å²) >= 11 is 1.46. The Bertz CT molecular complexity index is 197. The van der Waals surface area contributed by atoms with Crippen LogP contribution in [0.15, 0.2) is 17.4 Å². The molecule has 1 rings (SSSR count). The highest BCUT2D eigenvalue weighted by Crippen LogP contribution is 2.06. The van der Waals surface area contributed by atoms with Gasteiger partial charge in [-0.2, -0.15) is 0 Å². The van der Waals surface area contributed by atoms with Crippen molar-refractivity contribution < 1.29 is 5.11 Å². The Labute approximate surface area is 63.5 Å². The Kier molecular flexibility index (Phi) is 2.65. The molecule has 0 unspecified atom stereocenters. The summed E-state index contributed by atoms with van der Waals surface area (Å²) in [6.45, 7) is -0.0178. The van der Waals surface area contributed by atoms with Gasteiger partial charge in [0.05, 0.1) is 12.3 Å². The summed E-state index contributed by atoms with van der Waals surface area (Å²) in [6, 6.07) is 1.69. The highest BCUT2D eigenvalue weighted by Gasteiger charge is 1.94. The van der Waals surface area contributed by atoms with Crippen molar-refractivity contribution in [1.29, 1.82) is 0 Å². The lowest BCUT2D eigenvalue weighted by atomic mass is 10.4. The Morgan fingerprint density at radius 2 is 2.50 bits per heavy atom. The van der Waals surface area contributed by atoms with Crippen LogP contribution in [0.5, 0.6) is 0 Å². The molecule has 0 radical (unpaired) electrons. The first-order valence-electron chi connectivity index (χ1n) is 2.83. The zero-order valence-corrected chi connectivity index (χ0v) is 6.43. The van der Waals surface area contributed by atoms with Gasteiger partial charge in [-0.25, -0.2) is 9.97 Å². The first-order valence-corrected chi connectivity index (χ1v) is 4.06. The summed E-state index contributed by atoms with van der Waals surface area (Å²) in [4.78, 5) is 7.96. The SMILES string of the molecule is CSc1nccc(CO)n1. The maximum Gasteiger partial charge on any atom is 0.187 e. The van der Waals surface area contributed by atoms with Crippen LogP contribution in [-0.4, -0.2) is 21.3 Å². The molecule has 0 aliphatic heterocycles. The van der Waals surface area contributed by atoms with E-state index >= 15 is 0 Å². The van der Waals surface area contributed by atoms with E-state index in [1.165, 1.54) is 11.8 Å². The van der Waals surface area contributed by atoms with Crippen LogP contribution >= 0.6 is 11.8 Å². The third-order valence-corrected chi connectivity index (χ3v) is 1.60. The number of hydrogen-bond acceptors (Lipinski definition) is 4. The van der Waals surface area contributed by atoms with E-state index < -0.39 is 0 Å². The van der Waals surface area contributed by atoms with E-state index in [2.05, 4.69) is 9.97 Å². The van der Waals surface area contributed by atoms with Gasteiger partial charge >= 0.3 is 0 Å². The predicted octanol–water partition coefficient (Wildman–Crippen LogP) is 0.691. The van der Waals surface area contributed by atoms with Crippen LogP contribution in [0.3, 0.4) is 0 Å². The lowest BCUT2D eigenvalue weighted by Gasteiger charge is -1.95. The van der Waals surface area contributed by atoms with Gasteiger partial charge in [-0.1, -0.05) is 11.8 Å². The second kappa shape index (κ2) is 3.53. The number of rotatable bonds is 2. The largest absolute Gasteiger partial charge is 0.390 e. The van der Waals surface area contributed by atoms with Gasteiger partial charge in [0, 0.05) is 6.20 Å². The van der Waals surface area contributed by atoms with Gasteiger partial charge in [-0.05, 0) is 12.3 Å². The molecule has 4 heteroatoms. The van der Waals surface area contributed by atoms with Crippen molar-refractivity contribution >= 4 is 11.8 Å². The van der Waals surface area contributed by atoms with E-state index in [1.807, 2.05) is 6.26 Å². The molecule has 0 amide bonds. The molecule has 1 aromatic heterocycles. The van der Waals surface area contributed by atoms with Gasteiger partial charge in [0.25, 0.3) is 0 Å². The molecular weight excluding hydrogens is 148 g/mol. The van der Waals surface area contributed by atoms with E-state index in [1.54, 1.807) is 12.3 Å². The van der Waals surface area contributed by atoms with Crippen molar-refractivity contribution in [3.05, 3.63) is 18.0 Å². The first kappa shape index (κ1) is 7.50. The van der Waals surface area contributed by atoms with Crippen molar-refractivity contribution in [1.82, 2.24) is 9.97 Å². The highest BCUT2D eigenvalue weighted by molar-refractivity contribution is 7.98. The lowest BCUT2D eigenvalue weighted by Crippen LogP contribution is -1.91. The fourth-order valence-corrected chi connectivity index (χ4v) is 0.937. The van der Waals surface area contributed by atoms with Crippen molar-refractivity contribution in [2.45, 2.75) is 11.8 Å². The number of hydrogen-bond donors (Lipinski definition) is 1. The fraction of sp³-hybridized carbons (Fsp3) is 0.333. The van der Waals surface area contributed by atoms with Crippen molar-refractivity contribution in [3.63, 3.8) is 0 Å². The third kappa shape index (κ3) is 1.68. The van der Waals surface area contributed by atoms with Crippen LogP contribution in [0.25, 0.3) is 0 Å².